The van der Waals surface area contributed by atoms with Crippen molar-refractivity contribution >= 4 is 39.5 Å². The molecule has 9 heteroatoms. The first-order valence-corrected chi connectivity index (χ1v) is 9.37. The molecule has 8 nitrogen and oxygen atoms in total. The number of nitrogens with zero attached hydrogens (tertiary/aromatic N) is 1. The van der Waals surface area contributed by atoms with E-state index in [1.165, 1.54) is 12.1 Å². The van der Waals surface area contributed by atoms with Gasteiger partial charge in [0.15, 0.2) is 0 Å². The smallest absolute Gasteiger partial charge is 0.323 e. The molecule has 0 bridgehead atoms. The molecule has 3 aromatic carbocycles. The van der Waals surface area contributed by atoms with Gasteiger partial charge in [0.2, 0.25) is 0 Å². The molecule has 0 fully saturated rings. The van der Waals surface area contributed by atoms with Crippen LogP contribution in [0.1, 0.15) is 10.4 Å². The molecule has 0 aliphatic rings. The molecule has 0 saturated heterocycles. The number of hydrogen-bond donors (Lipinski definition) is 3. The minimum atomic E-state index is -2.67. The number of nitrogen functional groups attached to an aromatic ring is 1. The number of amides is 3. The molecule has 3 rings (SSSR count). The Balaban J connectivity index is 0.000000221. The Kier molecular flexibility index (Phi) is 8.09. The molecule has 3 amide bonds. The van der Waals surface area contributed by atoms with E-state index in [-0.39, 0.29) is 11.6 Å². The van der Waals surface area contributed by atoms with Crippen LogP contribution >= 0.6 is 0 Å². The number of nitrogens with one attached hydrogen (secondary N) is 2. The number of urea groups is 1. The van der Waals surface area contributed by atoms with E-state index in [1.54, 1.807) is 30.3 Å². The summed E-state index contributed by atoms with van der Waals surface area (Å²) in [6.07, 6.45) is 0. The Morgan fingerprint density at radius 1 is 0.759 bits per heavy atom. The van der Waals surface area contributed by atoms with Gasteiger partial charge in [0, 0.05) is 11.3 Å². The van der Waals surface area contributed by atoms with Gasteiger partial charge in [-0.15, -0.1) is 0 Å². The first-order valence-electron chi connectivity index (χ1n) is 8.34. The molecular formula is C20H18N4O4S. The fraction of sp³-hybridized carbons (Fsp3) is 0. The third-order valence-corrected chi connectivity index (χ3v) is 3.73. The minimum absolute atomic E-state index is 0.265. The lowest BCUT2D eigenvalue weighted by molar-refractivity contribution is 0.100. The molecule has 148 valence electrons. The van der Waals surface area contributed by atoms with Gasteiger partial charge < -0.3 is 16.4 Å². The van der Waals surface area contributed by atoms with Crippen LogP contribution in [-0.2, 0) is 10.5 Å². The molecule has 29 heavy (non-hydrogen) atoms. The predicted molar refractivity (Wildman–Crippen MR) is 112 cm³/mol. The van der Waals surface area contributed by atoms with Crippen LogP contribution in [0.5, 0.6) is 0 Å². The summed E-state index contributed by atoms with van der Waals surface area (Å²) in [5.41, 5.74) is 7.86. The lowest BCUT2D eigenvalue weighted by Crippen LogP contribution is -2.19. The first kappa shape index (κ1) is 21.3. The van der Waals surface area contributed by atoms with Crippen LogP contribution < -0.4 is 16.4 Å². The van der Waals surface area contributed by atoms with Crippen LogP contribution in [0.15, 0.2) is 89.3 Å². The van der Waals surface area contributed by atoms with E-state index in [0.717, 1.165) is 5.69 Å². The number of nitrogens with two attached hydrogens (primary N) is 1. The summed E-state index contributed by atoms with van der Waals surface area (Å²) in [6.45, 7) is 0. The molecule has 0 aliphatic heterocycles. The number of hydrogen-bond acceptors (Lipinski definition) is 5. The number of carbonyl (C=O) groups is 2. The second kappa shape index (κ2) is 11.0. The molecule has 4 N–H and O–H groups in total. The van der Waals surface area contributed by atoms with Gasteiger partial charge in [-0.1, -0.05) is 52.9 Å². The summed E-state index contributed by atoms with van der Waals surface area (Å²) < 4.78 is 22.8. The van der Waals surface area contributed by atoms with Crippen molar-refractivity contribution in [2.75, 3.05) is 16.4 Å². The van der Waals surface area contributed by atoms with Gasteiger partial charge in [-0.3, -0.25) is 4.79 Å². The SMILES string of the molecule is Nc1ccccc1NC(=O)Nc1ccccc1.O=C(N=S(=O)=O)c1ccccc1. The average molecular weight is 410 g/mol. The van der Waals surface area contributed by atoms with Crippen molar-refractivity contribution in [2.45, 2.75) is 0 Å². The van der Waals surface area contributed by atoms with Crippen LogP contribution in [0.2, 0.25) is 0 Å². The van der Waals surface area contributed by atoms with E-state index in [4.69, 9.17) is 5.73 Å². The highest BCUT2D eigenvalue weighted by Crippen LogP contribution is 2.17. The van der Waals surface area contributed by atoms with Gasteiger partial charge in [-0.25, -0.2) is 4.79 Å². The molecule has 0 radical (unpaired) electrons. The van der Waals surface area contributed by atoms with E-state index in [2.05, 4.69) is 15.0 Å². The highest BCUT2D eigenvalue weighted by Gasteiger charge is 2.04. The van der Waals surface area contributed by atoms with Crippen molar-refractivity contribution in [3.8, 4) is 0 Å². The number of carbonyl (C=O) groups excluding carboxylic acids is 2. The Bertz CT molecular complexity index is 1090. The third kappa shape index (κ3) is 7.65. The number of benzene rings is 3. The van der Waals surface area contributed by atoms with Crippen LogP contribution in [0.25, 0.3) is 0 Å². The summed E-state index contributed by atoms with van der Waals surface area (Å²) in [6, 6.07) is 24.0. The van der Waals surface area contributed by atoms with Crippen LogP contribution in [-0.4, -0.2) is 20.4 Å². The van der Waals surface area contributed by atoms with Crippen LogP contribution in [0, 0.1) is 0 Å². The maximum absolute atomic E-state index is 11.7. The summed E-state index contributed by atoms with van der Waals surface area (Å²) >= 11 is 0. The number of rotatable bonds is 3. The topological polar surface area (TPSA) is 131 Å². The van der Waals surface area contributed by atoms with Crippen molar-refractivity contribution in [1.29, 1.82) is 0 Å². The molecule has 0 unspecified atom stereocenters. The zero-order chi connectivity index (χ0) is 21.1. The molecule has 3 aromatic rings. The number of anilines is 3. The quantitative estimate of drug-likeness (QED) is 0.565. The highest BCUT2D eigenvalue weighted by molar-refractivity contribution is 7.62. The van der Waals surface area contributed by atoms with Gasteiger partial charge in [0.1, 0.15) is 0 Å². The molecule has 0 saturated carbocycles. The van der Waals surface area contributed by atoms with Crippen molar-refractivity contribution in [3.63, 3.8) is 0 Å². The maximum atomic E-state index is 11.7. The van der Waals surface area contributed by atoms with E-state index < -0.39 is 16.4 Å². The van der Waals surface area contributed by atoms with Gasteiger partial charge in [0.25, 0.3) is 5.91 Å². The second-order valence-electron chi connectivity index (χ2n) is 5.51. The van der Waals surface area contributed by atoms with Gasteiger partial charge in [-0.2, -0.15) is 8.42 Å². The fourth-order valence-corrected chi connectivity index (χ4v) is 2.36. The van der Waals surface area contributed by atoms with Crippen molar-refractivity contribution in [1.82, 2.24) is 0 Å². The zero-order valence-electron chi connectivity index (χ0n) is 15.1. The van der Waals surface area contributed by atoms with Gasteiger partial charge in [-0.05, 0) is 36.4 Å². The molecule has 0 aromatic heterocycles. The third-order valence-electron chi connectivity index (χ3n) is 3.42. The van der Waals surface area contributed by atoms with Crippen LogP contribution in [0.3, 0.4) is 0 Å². The van der Waals surface area contributed by atoms with Crippen molar-refractivity contribution < 1.29 is 18.0 Å². The normalized spacial score (nSPS) is 9.38. The maximum Gasteiger partial charge on any atom is 0.323 e. The predicted octanol–water partition coefficient (Wildman–Crippen LogP) is 3.80. The van der Waals surface area contributed by atoms with E-state index >= 15 is 0 Å². The average Bonchev–Trinajstić information content (AvgIpc) is 2.71. The zero-order valence-corrected chi connectivity index (χ0v) is 16.0. The van der Waals surface area contributed by atoms with Gasteiger partial charge in [0.05, 0.1) is 11.4 Å². The molecule has 0 atom stereocenters. The molecule has 0 heterocycles. The summed E-state index contributed by atoms with van der Waals surface area (Å²) in [7, 11) is -2.67. The lowest BCUT2D eigenvalue weighted by atomic mass is 10.2. The monoisotopic (exact) mass is 410 g/mol. The minimum Gasteiger partial charge on any atom is -0.397 e. The number of para-hydroxylation sites is 3. The molecular weight excluding hydrogens is 392 g/mol. The Morgan fingerprint density at radius 2 is 1.31 bits per heavy atom. The Hall–Kier alpha value is -3.98. The Labute approximate surface area is 169 Å². The summed E-state index contributed by atoms with van der Waals surface area (Å²) in [5, 5.41) is 5.40. The largest absolute Gasteiger partial charge is 0.397 e. The van der Waals surface area contributed by atoms with Gasteiger partial charge >= 0.3 is 16.5 Å². The lowest BCUT2D eigenvalue weighted by Gasteiger charge is -2.09. The van der Waals surface area contributed by atoms with E-state index in [1.807, 2.05) is 42.5 Å². The molecule has 0 spiro atoms. The Morgan fingerprint density at radius 3 is 1.90 bits per heavy atom. The van der Waals surface area contributed by atoms with Crippen LogP contribution in [0.4, 0.5) is 21.9 Å². The van der Waals surface area contributed by atoms with Crippen molar-refractivity contribution in [3.05, 3.63) is 90.5 Å². The van der Waals surface area contributed by atoms with E-state index in [0.29, 0.717) is 11.4 Å². The standard InChI is InChI=1S/C13H13N3O.C7H5NO3S/c14-11-8-4-5-9-12(11)16-13(17)15-10-6-2-1-3-7-10;9-7(8-12(10)11)6-4-2-1-3-5-6/h1-9H,14H2,(H2,15,16,17);1-5H. The second-order valence-corrected chi connectivity index (χ2v) is 6.13. The first-order chi connectivity index (χ1) is 14.0. The highest BCUT2D eigenvalue weighted by atomic mass is 32.2. The fourth-order valence-electron chi connectivity index (χ4n) is 2.12. The van der Waals surface area contributed by atoms with Crippen molar-refractivity contribution in [2.24, 2.45) is 4.36 Å². The van der Waals surface area contributed by atoms with E-state index in [9.17, 15) is 18.0 Å². The summed E-state index contributed by atoms with van der Waals surface area (Å²) in [4.78, 5) is 22.6. The summed E-state index contributed by atoms with van der Waals surface area (Å²) in [5.74, 6) is -0.746. The molecule has 0 aliphatic carbocycles.